The quantitative estimate of drug-likeness (QED) is 0.348. The molecular formula is C23H22ClFN4O2S. The summed E-state index contributed by atoms with van der Waals surface area (Å²) in [5, 5.41) is 5.10. The van der Waals surface area contributed by atoms with Gasteiger partial charge in [0.2, 0.25) is 0 Å². The van der Waals surface area contributed by atoms with Gasteiger partial charge in [0, 0.05) is 12.1 Å². The van der Waals surface area contributed by atoms with E-state index in [0.29, 0.717) is 49.5 Å². The van der Waals surface area contributed by atoms with Crippen LogP contribution >= 0.6 is 22.9 Å². The van der Waals surface area contributed by atoms with Crippen LogP contribution in [0.2, 0.25) is 5.02 Å². The molecule has 0 spiro atoms. The summed E-state index contributed by atoms with van der Waals surface area (Å²) in [5.41, 5.74) is 2.00. The number of carbonyl (C=O) groups excluding carboxylic acids is 1. The van der Waals surface area contributed by atoms with E-state index in [4.69, 9.17) is 16.1 Å². The Kier molecular flexibility index (Phi) is 6.55. The molecule has 2 heterocycles. The Morgan fingerprint density at radius 1 is 1.19 bits per heavy atom. The number of aromatic nitrogens is 2. The smallest absolute Gasteiger partial charge is 0.265 e. The first-order valence-corrected chi connectivity index (χ1v) is 11.3. The monoisotopic (exact) mass is 472 g/mol. The first-order chi connectivity index (χ1) is 15.3. The number of anilines is 1. The van der Waals surface area contributed by atoms with Crippen molar-refractivity contribution >= 4 is 44.2 Å². The SMILES string of the molecule is Cc1onc(-c2ccccc2Cl)c1C(=O)N(CCCN(C)C)c1nc2ccc(F)cc2s1. The molecule has 0 saturated heterocycles. The van der Waals surface area contributed by atoms with Crippen molar-refractivity contribution in [2.75, 3.05) is 32.1 Å². The molecule has 0 aliphatic heterocycles. The second-order valence-electron chi connectivity index (χ2n) is 7.66. The molecule has 0 unspecified atom stereocenters. The summed E-state index contributed by atoms with van der Waals surface area (Å²) >= 11 is 7.65. The Bertz CT molecular complexity index is 1270. The first kappa shape index (κ1) is 22.4. The van der Waals surface area contributed by atoms with Crippen LogP contribution in [-0.2, 0) is 0 Å². The van der Waals surface area contributed by atoms with Crippen LogP contribution in [0.15, 0.2) is 47.0 Å². The zero-order chi connectivity index (χ0) is 22.8. The third-order valence-corrected chi connectivity index (χ3v) is 6.38. The topological polar surface area (TPSA) is 62.5 Å². The molecule has 0 bridgehead atoms. The molecule has 9 heteroatoms. The van der Waals surface area contributed by atoms with Crippen molar-refractivity contribution in [3.05, 3.63) is 64.6 Å². The predicted octanol–water partition coefficient (Wildman–Crippen LogP) is 5.65. The van der Waals surface area contributed by atoms with Gasteiger partial charge in [0.1, 0.15) is 22.8 Å². The number of carbonyl (C=O) groups is 1. The second kappa shape index (κ2) is 9.36. The van der Waals surface area contributed by atoms with Gasteiger partial charge in [-0.05, 0) is 58.3 Å². The molecule has 4 aromatic rings. The van der Waals surface area contributed by atoms with E-state index in [1.54, 1.807) is 30.0 Å². The summed E-state index contributed by atoms with van der Waals surface area (Å²) in [6, 6.07) is 11.6. The van der Waals surface area contributed by atoms with Crippen LogP contribution in [0, 0.1) is 12.7 Å². The van der Waals surface area contributed by atoms with E-state index in [9.17, 15) is 9.18 Å². The molecule has 166 valence electrons. The summed E-state index contributed by atoms with van der Waals surface area (Å²) in [6.07, 6.45) is 0.731. The number of hydrogen-bond acceptors (Lipinski definition) is 6. The fraction of sp³-hybridized carbons (Fsp3) is 0.261. The maximum Gasteiger partial charge on any atom is 0.265 e. The molecule has 0 N–H and O–H groups in total. The summed E-state index contributed by atoms with van der Waals surface area (Å²) in [7, 11) is 3.96. The lowest BCUT2D eigenvalue weighted by molar-refractivity contribution is 0.0985. The van der Waals surface area contributed by atoms with Crippen molar-refractivity contribution in [2.24, 2.45) is 0 Å². The Hall–Kier alpha value is -2.81. The van der Waals surface area contributed by atoms with Crippen LogP contribution in [-0.4, -0.2) is 48.1 Å². The average Bonchev–Trinajstić information content (AvgIpc) is 3.33. The van der Waals surface area contributed by atoms with Gasteiger partial charge in [-0.2, -0.15) is 0 Å². The van der Waals surface area contributed by atoms with Gasteiger partial charge in [-0.15, -0.1) is 0 Å². The minimum atomic E-state index is -0.339. The lowest BCUT2D eigenvalue weighted by Gasteiger charge is -2.21. The van der Waals surface area contributed by atoms with E-state index >= 15 is 0 Å². The molecule has 2 aromatic heterocycles. The van der Waals surface area contributed by atoms with E-state index in [-0.39, 0.29) is 11.7 Å². The highest BCUT2D eigenvalue weighted by atomic mass is 35.5. The third kappa shape index (κ3) is 4.53. The number of halogens is 2. The van der Waals surface area contributed by atoms with Crippen LogP contribution in [0.5, 0.6) is 0 Å². The van der Waals surface area contributed by atoms with Gasteiger partial charge >= 0.3 is 0 Å². The Morgan fingerprint density at radius 2 is 1.97 bits per heavy atom. The largest absolute Gasteiger partial charge is 0.360 e. The van der Waals surface area contributed by atoms with Gasteiger partial charge in [0.15, 0.2) is 5.13 Å². The summed E-state index contributed by atoms with van der Waals surface area (Å²) in [5.74, 6) is -0.222. The van der Waals surface area contributed by atoms with Crippen molar-refractivity contribution in [3.63, 3.8) is 0 Å². The van der Waals surface area contributed by atoms with Crippen LogP contribution < -0.4 is 4.90 Å². The van der Waals surface area contributed by atoms with Crippen LogP contribution in [0.3, 0.4) is 0 Å². The zero-order valence-electron chi connectivity index (χ0n) is 17.9. The molecule has 4 rings (SSSR count). The fourth-order valence-corrected chi connectivity index (χ4v) is 4.67. The van der Waals surface area contributed by atoms with Gasteiger partial charge in [0.25, 0.3) is 5.91 Å². The molecule has 0 aliphatic carbocycles. The number of fused-ring (bicyclic) bond motifs is 1. The highest BCUT2D eigenvalue weighted by molar-refractivity contribution is 7.22. The molecule has 1 amide bonds. The number of hydrogen-bond donors (Lipinski definition) is 0. The predicted molar refractivity (Wildman–Crippen MR) is 126 cm³/mol. The molecule has 6 nitrogen and oxygen atoms in total. The van der Waals surface area contributed by atoms with Crippen molar-refractivity contribution in [3.8, 4) is 11.3 Å². The second-order valence-corrected chi connectivity index (χ2v) is 9.08. The normalized spacial score (nSPS) is 11.4. The maximum absolute atomic E-state index is 13.8. The standard InChI is InChI=1S/C23H22ClFN4O2S/c1-14-20(21(27-31-14)16-7-4-5-8-17(16)24)22(30)29(12-6-11-28(2)3)23-26-18-10-9-15(25)13-19(18)32-23/h4-5,7-10,13H,6,11-12H2,1-3H3. The van der Waals surface area contributed by atoms with Crippen LogP contribution in [0.4, 0.5) is 9.52 Å². The van der Waals surface area contributed by atoms with Gasteiger partial charge in [-0.3, -0.25) is 9.69 Å². The summed E-state index contributed by atoms with van der Waals surface area (Å²) in [4.78, 5) is 22.1. The van der Waals surface area contributed by atoms with E-state index in [0.717, 1.165) is 13.0 Å². The highest BCUT2D eigenvalue weighted by Gasteiger charge is 2.29. The van der Waals surface area contributed by atoms with Crippen LogP contribution in [0.1, 0.15) is 22.5 Å². The Balaban J connectivity index is 1.77. The van der Waals surface area contributed by atoms with Crippen LogP contribution in [0.25, 0.3) is 21.5 Å². The van der Waals surface area contributed by atoms with Gasteiger partial charge in [0.05, 0.1) is 15.2 Å². The summed E-state index contributed by atoms with van der Waals surface area (Å²) < 4.78 is 19.8. The molecule has 0 radical (unpaired) electrons. The number of rotatable bonds is 7. The van der Waals surface area contributed by atoms with Gasteiger partial charge < -0.3 is 9.42 Å². The van der Waals surface area contributed by atoms with E-state index in [1.807, 2.05) is 26.2 Å². The molecule has 2 aromatic carbocycles. The molecule has 0 fully saturated rings. The molecule has 0 atom stereocenters. The molecule has 32 heavy (non-hydrogen) atoms. The number of benzene rings is 2. The van der Waals surface area contributed by atoms with Crippen molar-refractivity contribution in [2.45, 2.75) is 13.3 Å². The summed E-state index contributed by atoms with van der Waals surface area (Å²) in [6.45, 7) is 2.93. The number of nitrogens with zero attached hydrogens (tertiary/aromatic N) is 4. The third-order valence-electron chi connectivity index (χ3n) is 5.01. The number of amides is 1. The Labute approximate surface area is 194 Å². The van der Waals surface area contributed by atoms with E-state index in [2.05, 4.69) is 15.0 Å². The number of aryl methyl sites for hydroxylation is 1. The maximum atomic E-state index is 13.8. The minimum absolute atomic E-state index is 0.281. The fourth-order valence-electron chi connectivity index (χ4n) is 3.43. The number of thiazole rings is 1. The van der Waals surface area contributed by atoms with E-state index in [1.165, 1.54) is 23.5 Å². The molecule has 0 aliphatic rings. The van der Waals surface area contributed by atoms with E-state index < -0.39 is 0 Å². The van der Waals surface area contributed by atoms with Crippen molar-refractivity contribution < 1.29 is 13.7 Å². The van der Waals surface area contributed by atoms with Gasteiger partial charge in [-0.1, -0.05) is 46.3 Å². The van der Waals surface area contributed by atoms with Crippen molar-refractivity contribution in [1.82, 2.24) is 15.0 Å². The van der Waals surface area contributed by atoms with Crippen molar-refractivity contribution in [1.29, 1.82) is 0 Å². The van der Waals surface area contributed by atoms with Gasteiger partial charge in [-0.25, -0.2) is 9.37 Å². The highest BCUT2D eigenvalue weighted by Crippen LogP contribution is 2.35. The average molecular weight is 473 g/mol. The Morgan fingerprint density at radius 3 is 2.72 bits per heavy atom. The first-order valence-electron chi connectivity index (χ1n) is 10.1. The molecule has 0 saturated carbocycles. The minimum Gasteiger partial charge on any atom is -0.360 e. The zero-order valence-corrected chi connectivity index (χ0v) is 19.5. The molecular weight excluding hydrogens is 451 g/mol. The lowest BCUT2D eigenvalue weighted by Crippen LogP contribution is -2.34. The lowest BCUT2D eigenvalue weighted by atomic mass is 10.1.